The van der Waals surface area contributed by atoms with Gasteiger partial charge in [0.25, 0.3) is 0 Å². The molecular weight excluding hydrogens is 210 g/mol. The molecule has 0 aliphatic rings. The van der Waals surface area contributed by atoms with Crippen molar-refractivity contribution in [2.75, 3.05) is 6.61 Å². The first kappa shape index (κ1) is 12.2. The summed E-state index contributed by atoms with van der Waals surface area (Å²) in [7, 11) is 0. The predicted molar refractivity (Wildman–Crippen MR) is 62.0 cm³/mol. The van der Waals surface area contributed by atoms with E-state index in [-0.39, 0.29) is 12.5 Å². The smallest absolute Gasteiger partial charge is 0.220 e. The number of amides is 1. The fourth-order valence-electron chi connectivity index (χ4n) is 1.25. The standard InChI is InChI=1S/C11H17NO2S/c1-8-6-10(15-9(8)2)7-12-11(14)4-3-5-13/h6,13H,3-5,7H2,1-2H3,(H,12,14). The Labute approximate surface area is 94.1 Å². The zero-order chi connectivity index (χ0) is 11.3. The molecule has 1 aromatic heterocycles. The zero-order valence-corrected chi connectivity index (χ0v) is 9.99. The Morgan fingerprint density at radius 2 is 2.27 bits per heavy atom. The lowest BCUT2D eigenvalue weighted by atomic mass is 10.3. The van der Waals surface area contributed by atoms with Crippen LogP contribution in [0.2, 0.25) is 0 Å². The summed E-state index contributed by atoms with van der Waals surface area (Å²) in [6, 6.07) is 2.10. The van der Waals surface area contributed by atoms with Crippen molar-refractivity contribution in [3.8, 4) is 0 Å². The summed E-state index contributed by atoms with van der Waals surface area (Å²) < 4.78 is 0. The van der Waals surface area contributed by atoms with E-state index in [2.05, 4.69) is 25.2 Å². The van der Waals surface area contributed by atoms with E-state index >= 15 is 0 Å². The fourth-order valence-corrected chi connectivity index (χ4v) is 2.24. The lowest BCUT2D eigenvalue weighted by molar-refractivity contribution is -0.121. The minimum atomic E-state index is 0.00718. The molecular formula is C11H17NO2S. The summed E-state index contributed by atoms with van der Waals surface area (Å²) in [5.74, 6) is 0.00718. The van der Waals surface area contributed by atoms with E-state index in [1.165, 1.54) is 15.3 Å². The highest BCUT2D eigenvalue weighted by Crippen LogP contribution is 2.20. The number of thiophene rings is 1. The first-order chi connectivity index (χ1) is 7.13. The van der Waals surface area contributed by atoms with E-state index in [4.69, 9.17) is 5.11 Å². The molecule has 0 aromatic carbocycles. The highest BCUT2D eigenvalue weighted by Gasteiger charge is 2.04. The number of hydrogen-bond donors (Lipinski definition) is 2. The molecule has 0 fully saturated rings. The summed E-state index contributed by atoms with van der Waals surface area (Å²) >= 11 is 1.72. The van der Waals surface area contributed by atoms with Gasteiger partial charge in [-0.15, -0.1) is 11.3 Å². The number of carbonyl (C=O) groups is 1. The molecule has 4 heteroatoms. The maximum Gasteiger partial charge on any atom is 0.220 e. The summed E-state index contributed by atoms with van der Waals surface area (Å²) in [6.07, 6.45) is 0.939. The molecule has 0 aliphatic carbocycles. The molecule has 0 radical (unpaired) electrons. The topological polar surface area (TPSA) is 49.3 Å². The predicted octanol–water partition coefficient (Wildman–Crippen LogP) is 1.75. The van der Waals surface area contributed by atoms with Crippen molar-refractivity contribution < 1.29 is 9.90 Å². The maximum atomic E-state index is 11.2. The quantitative estimate of drug-likeness (QED) is 0.805. The maximum absolute atomic E-state index is 11.2. The van der Waals surface area contributed by atoms with Gasteiger partial charge in [-0.1, -0.05) is 0 Å². The van der Waals surface area contributed by atoms with E-state index in [0.29, 0.717) is 19.4 Å². The molecule has 0 saturated heterocycles. The number of hydrogen-bond acceptors (Lipinski definition) is 3. The Bertz CT molecular complexity index is 314. The second-order valence-corrected chi connectivity index (χ2v) is 4.90. The molecule has 0 saturated carbocycles. The molecule has 2 N–H and O–H groups in total. The van der Waals surface area contributed by atoms with Gasteiger partial charge in [-0.3, -0.25) is 4.79 Å². The molecule has 3 nitrogen and oxygen atoms in total. The van der Waals surface area contributed by atoms with Gasteiger partial charge < -0.3 is 10.4 Å². The van der Waals surface area contributed by atoms with Crippen LogP contribution in [0.15, 0.2) is 6.07 Å². The van der Waals surface area contributed by atoms with Crippen molar-refractivity contribution in [2.24, 2.45) is 0 Å². The van der Waals surface area contributed by atoms with Gasteiger partial charge in [-0.05, 0) is 31.9 Å². The molecule has 84 valence electrons. The van der Waals surface area contributed by atoms with Crippen molar-refractivity contribution in [1.82, 2.24) is 5.32 Å². The van der Waals surface area contributed by atoms with E-state index in [1.807, 2.05) is 0 Å². The molecule has 1 aromatic rings. The van der Waals surface area contributed by atoms with E-state index in [1.54, 1.807) is 11.3 Å². The Balaban J connectivity index is 2.33. The van der Waals surface area contributed by atoms with Crippen molar-refractivity contribution in [3.05, 3.63) is 21.4 Å². The molecule has 15 heavy (non-hydrogen) atoms. The number of aliphatic hydroxyl groups excluding tert-OH is 1. The van der Waals surface area contributed by atoms with Gasteiger partial charge in [-0.2, -0.15) is 0 Å². The normalized spacial score (nSPS) is 10.3. The van der Waals surface area contributed by atoms with Crippen molar-refractivity contribution in [1.29, 1.82) is 0 Å². The second kappa shape index (κ2) is 5.88. The van der Waals surface area contributed by atoms with Crippen LogP contribution < -0.4 is 5.32 Å². The van der Waals surface area contributed by atoms with Crippen LogP contribution in [0.5, 0.6) is 0 Å². The summed E-state index contributed by atoms with van der Waals surface area (Å²) in [5.41, 5.74) is 1.28. The van der Waals surface area contributed by atoms with Crippen LogP contribution in [0.25, 0.3) is 0 Å². The molecule has 0 atom stereocenters. The largest absolute Gasteiger partial charge is 0.396 e. The van der Waals surface area contributed by atoms with Gasteiger partial charge in [-0.25, -0.2) is 0 Å². The van der Waals surface area contributed by atoms with Crippen molar-refractivity contribution >= 4 is 17.2 Å². The van der Waals surface area contributed by atoms with E-state index in [9.17, 15) is 4.79 Å². The Kier molecular flexibility index (Phi) is 4.78. The third-order valence-corrected chi connectivity index (χ3v) is 3.39. The molecule has 0 spiro atoms. The van der Waals surface area contributed by atoms with Gasteiger partial charge >= 0.3 is 0 Å². The van der Waals surface area contributed by atoms with Gasteiger partial charge in [0, 0.05) is 22.8 Å². The highest BCUT2D eigenvalue weighted by molar-refractivity contribution is 7.12. The second-order valence-electron chi connectivity index (χ2n) is 3.56. The zero-order valence-electron chi connectivity index (χ0n) is 9.17. The van der Waals surface area contributed by atoms with Crippen LogP contribution in [0.1, 0.15) is 28.2 Å². The Hall–Kier alpha value is -0.870. The molecule has 0 unspecified atom stereocenters. The van der Waals surface area contributed by atoms with Gasteiger partial charge in [0.15, 0.2) is 0 Å². The average molecular weight is 227 g/mol. The van der Waals surface area contributed by atoms with Crippen molar-refractivity contribution in [3.63, 3.8) is 0 Å². The minimum Gasteiger partial charge on any atom is -0.396 e. The first-order valence-corrected chi connectivity index (χ1v) is 5.88. The Morgan fingerprint density at radius 3 is 2.80 bits per heavy atom. The summed E-state index contributed by atoms with van der Waals surface area (Å²) in [4.78, 5) is 13.7. The molecule has 0 aliphatic heterocycles. The monoisotopic (exact) mass is 227 g/mol. The molecule has 1 amide bonds. The average Bonchev–Trinajstić information content (AvgIpc) is 2.52. The van der Waals surface area contributed by atoms with Crippen LogP contribution in [0.3, 0.4) is 0 Å². The number of aliphatic hydroxyl groups is 1. The molecule has 0 bridgehead atoms. The number of nitrogens with one attached hydrogen (secondary N) is 1. The first-order valence-electron chi connectivity index (χ1n) is 5.07. The number of aryl methyl sites for hydroxylation is 2. The fraction of sp³-hybridized carbons (Fsp3) is 0.545. The van der Waals surface area contributed by atoms with Gasteiger partial charge in [0.2, 0.25) is 5.91 Å². The van der Waals surface area contributed by atoms with Crippen molar-refractivity contribution in [2.45, 2.75) is 33.2 Å². The van der Waals surface area contributed by atoms with Crippen LogP contribution >= 0.6 is 11.3 Å². The SMILES string of the molecule is Cc1cc(CNC(=O)CCCO)sc1C. The lowest BCUT2D eigenvalue weighted by Gasteiger charge is -2.01. The summed E-state index contributed by atoms with van der Waals surface area (Å²) in [5, 5.41) is 11.4. The number of carbonyl (C=O) groups excluding carboxylic acids is 1. The highest BCUT2D eigenvalue weighted by atomic mass is 32.1. The van der Waals surface area contributed by atoms with E-state index < -0.39 is 0 Å². The van der Waals surface area contributed by atoms with Gasteiger partial charge in [0.05, 0.1) is 6.54 Å². The third kappa shape index (κ3) is 4.01. The van der Waals surface area contributed by atoms with E-state index in [0.717, 1.165) is 0 Å². The van der Waals surface area contributed by atoms with Crippen LogP contribution in [-0.4, -0.2) is 17.6 Å². The van der Waals surface area contributed by atoms with Gasteiger partial charge in [0.1, 0.15) is 0 Å². The van der Waals surface area contributed by atoms with Crippen LogP contribution in [0, 0.1) is 13.8 Å². The van der Waals surface area contributed by atoms with Crippen LogP contribution in [0.4, 0.5) is 0 Å². The summed E-state index contributed by atoms with van der Waals surface area (Å²) in [6.45, 7) is 4.83. The third-order valence-electron chi connectivity index (χ3n) is 2.24. The Morgan fingerprint density at radius 1 is 1.53 bits per heavy atom. The van der Waals surface area contributed by atoms with Crippen LogP contribution in [-0.2, 0) is 11.3 Å². The lowest BCUT2D eigenvalue weighted by Crippen LogP contribution is -2.22. The molecule has 1 heterocycles. The number of rotatable bonds is 5. The molecule has 1 rings (SSSR count). The minimum absolute atomic E-state index is 0.00718.